The summed E-state index contributed by atoms with van der Waals surface area (Å²) in [5, 5.41) is 3.12. The summed E-state index contributed by atoms with van der Waals surface area (Å²) in [7, 11) is 0. The van der Waals surface area contributed by atoms with Crippen LogP contribution in [0.3, 0.4) is 0 Å². The van der Waals surface area contributed by atoms with Crippen molar-refractivity contribution in [3.63, 3.8) is 0 Å². The van der Waals surface area contributed by atoms with Gasteiger partial charge in [0.1, 0.15) is 5.15 Å². The van der Waals surface area contributed by atoms with Crippen LogP contribution in [0.15, 0.2) is 40.7 Å². The highest BCUT2D eigenvalue weighted by molar-refractivity contribution is 8.14. The van der Waals surface area contributed by atoms with Crippen molar-refractivity contribution in [1.29, 1.82) is 0 Å². The van der Waals surface area contributed by atoms with Crippen LogP contribution in [0.25, 0.3) is 5.70 Å². The second-order valence-electron chi connectivity index (χ2n) is 5.72. The fourth-order valence-corrected chi connectivity index (χ4v) is 4.88. The largest absolute Gasteiger partial charge is 0.478 e. The van der Waals surface area contributed by atoms with Crippen LogP contribution in [0.2, 0.25) is 5.15 Å². The first-order valence-corrected chi connectivity index (χ1v) is 10.5. The summed E-state index contributed by atoms with van der Waals surface area (Å²) >= 11 is 9.41. The molecule has 1 saturated heterocycles. The predicted octanol–water partition coefficient (Wildman–Crippen LogP) is 4.61. The number of fused-ring (bicyclic) bond motifs is 1. The Hall–Kier alpha value is -1.83. The summed E-state index contributed by atoms with van der Waals surface area (Å²) in [5.74, 6) is 1.33. The zero-order valence-electron chi connectivity index (χ0n) is 14.0. The highest BCUT2D eigenvalue weighted by Crippen LogP contribution is 2.39. The van der Waals surface area contributed by atoms with E-state index in [2.05, 4.69) is 4.98 Å². The number of aliphatic imine (C=N–C) groups is 1. The summed E-state index contributed by atoms with van der Waals surface area (Å²) in [6.45, 7) is 2.41. The normalized spacial score (nSPS) is 19.7. The zero-order chi connectivity index (χ0) is 18.1. The van der Waals surface area contributed by atoms with Crippen molar-refractivity contribution in [2.75, 3.05) is 12.4 Å². The van der Waals surface area contributed by atoms with Crippen molar-refractivity contribution >= 4 is 51.5 Å². The molecule has 1 amide bonds. The number of rotatable bonds is 4. The average molecular weight is 406 g/mol. The zero-order valence-corrected chi connectivity index (χ0v) is 16.4. The number of pyridine rings is 1. The number of nitrogens with zero attached hydrogens (tertiary/aromatic N) is 3. The van der Waals surface area contributed by atoms with Crippen molar-refractivity contribution in [3.8, 4) is 5.88 Å². The minimum absolute atomic E-state index is 0.110. The van der Waals surface area contributed by atoms with Gasteiger partial charge in [0.25, 0.3) is 0 Å². The molecule has 0 spiro atoms. The Morgan fingerprint density at radius 3 is 3.08 bits per heavy atom. The number of carbonyl (C=O) groups is 1. The molecule has 2 aliphatic rings. The molecule has 2 aromatic heterocycles. The predicted molar refractivity (Wildman–Crippen MR) is 107 cm³/mol. The maximum Gasteiger partial charge on any atom is 0.230 e. The topological polar surface area (TPSA) is 54.8 Å². The Balaban J connectivity index is 1.79. The third-order valence-corrected chi connectivity index (χ3v) is 6.12. The molecule has 5 nitrogen and oxygen atoms in total. The van der Waals surface area contributed by atoms with Crippen molar-refractivity contribution in [2.45, 2.75) is 19.4 Å². The molecule has 0 aromatic carbocycles. The highest BCUT2D eigenvalue weighted by Gasteiger charge is 2.35. The van der Waals surface area contributed by atoms with E-state index in [1.54, 1.807) is 34.1 Å². The van der Waals surface area contributed by atoms with Crippen LogP contribution in [-0.2, 0) is 4.79 Å². The van der Waals surface area contributed by atoms with Gasteiger partial charge in [0, 0.05) is 28.7 Å². The van der Waals surface area contributed by atoms with Crippen LogP contribution in [0.5, 0.6) is 5.88 Å². The summed E-state index contributed by atoms with van der Waals surface area (Å²) in [5.41, 5.74) is 1.61. The highest BCUT2D eigenvalue weighted by atomic mass is 35.5. The monoisotopic (exact) mass is 405 g/mol. The second kappa shape index (κ2) is 7.42. The third-order valence-electron chi connectivity index (χ3n) is 4.03. The molecule has 0 aliphatic carbocycles. The van der Waals surface area contributed by atoms with E-state index in [0.29, 0.717) is 24.1 Å². The first-order chi connectivity index (χ1) is 12.7. The molecular formula is C18H16ClN3O2S2. The number of halogens is 1. The Bertz CT molecular complexity index is 896. The molecule has 8 heteroatoms. The van der Waals surface area contributed by atoms with Gasteiger partial charge >= 0.3 is 0 Å². The third kappa shape index (κ3) is 3.39. The van der Waals surface area contributed by atoms with Crippen LogP contribution in [0, 0.1) is 0 Å². The summed E-state index contributed by atoms with van der Waals surface area (Å²) in [6.07, 6.45) is 2.55. The van der Waals surface area contributed by atoms with Crippen molar-refractivity contribution in [2.24, 2.45) is 4.99 Å². The fourth-order valence-electron chi connectivity index (χ4n) is 2.92. The van der Waals surface area contributed by atoms with Gasteiger partial charge in [-0.2, -0.15) is 0 Å². The maximum atomic E-state index is 12.5. The van der Waals surface area contributed by atoms with Gasteiger partial charge in [-0.3, -0.25) is 9.69 Å². The van der Waals surface area contributed by atoms with Gasteiger partial charge in [0.15, 0.2) is 5.17 Å². The van der Waals surface area contributed by atoms with Gasteiger partial charge in [-0.25, -0.2) is 9.98 Å². The first kappa shape index (κ1) is 17.6. The standard InChI is InChI=1S/C18H16ClN3O2S2/c1-2-24-16-9-11(8-15(19)21-16)12-10-13(14-4-3-6-25-14)22-17(23)5-7-26-18(22)20-12/h3-4,6,8-10,13H,2,5,7H2,1H3. The van der Waals surface area contributed by atoms with Crippen molar-refractivity contribution in [1.82, 2.24) is 9.88 Å². The number of hydrogen-bond donors (Lipinski definition) is 0. The fraction of sp³-hybridized carbons (Fsp3) is 0.278. The van der Waals surface area contributed by atoms with Crippen LogP contribution in [0.1, 0.15) is 29.8 Å². The quantitative estimate of drug-likeness (QED) is 0.697. The Morgan fingerprint density at radius 1 is 1.42 bits per heavy atom. The molecule has 0 saturated carbocycles. The van der Waals surface area contributed by atoms with Crippen molar-refractivity contribution < 1.29 is 9.53 Å². The molecule has 4 heterocycles. The molecule has 134 valence electrons. The number of aromatic nitrogens is 1. The Kier molecular flexibility index (Phi) is 5.02. The molecule has 2 aliphatic heterocycles. The summed E-state index contributed by atoms with van der Waals surface area (Å²) < 4.78 is 5.50. The number of thioether (sulfide) groups is 1. The Labute approximate surface area is 164 Å². The second-order valence-corrected chi connectivity index (χ2v) is 8.15. The molecule has 26 heavy (non-hydrogen) atoms. The molecule has 0 radical (unpaired) electrons. The lowest BCUT2D eigenvalue weighted by molar-refractivity contribution is -0.128. The molecule has 2 aromatic rings. The van der Waals surface area contributed by atoms with Crippen molar-refractivity contribution in [3.05, 3.63) is 51.3 Å². The number of ether oxygens (including phenoxy) is 1. The van der Waals surface area contributed by atoms with Crippen LogP contribution in [-0.4, -0.2) is 33.3 Å². The average Bonchev–Trinajstić information content (AvgIpc) is 3.15. The van der Waals surface area contributed by atoms with Gasteiger partial charge in [-0.05, 0) is 30.5 Å². The number of thiophene rings is 1. The van der Waals surface area contributed by atoms with E-state index < -0.39 is 0 Å². The Morgan fingerprint density at radius 2 is 2.31 bits per heavy atom. The smallest absolute Gasteiger partial charge is 0.230 e. The lowest BCUT2D eigenvalue weighted by Crippen LogP contribution is -2.42. The first-order valence-electron chi connectivity index (χ1n) is 8.25. The minimum Gasteiger partial charge on any atom is -0.478 e. The van der Waals surface area contributed by atoms with Gasteiger partial charge < -0.3 is 4.74 Å². The van der Waals surface area contributed by atoms with Crippen LogP contribution >= 0.6 is 34.7 Å². The van der Waals surface area contributed by atoms with E-state index in [0.717, 1.165) is 27.1 Å². The van der Waals surface area contributed by atoms with Gasteiger partial charge in [-0.1, -0.05) is 29.4 Å². The van der Waals surface area contributed by atoms with Gasteiger partial charge in [-0.15, -0.1) is 11.3 Å². The molecular weight excluding hydrogens is 390 g/mol. The van der Waals surface area contributed by atoms with Gasteiger partial charge in [0.05, 0.1) is 18.3 Å². The molecule has 1 unspecified atom stereocenters. The molecule has 0 N–H and O–H groups in total. The van der Waals surface area contributed by atoms with E-state index >= 15 is 0 Å². The molecule has 0 bridgehead atoms. The maximum absolute atomic E-state index is 12.5. The lowest BCUT2D eigenvalue weighted by Gasteiger charge is -2.36. The van der Waals surface area contributed by atoms with E-state index in [-0.39, 0.29) is 11.9 Å². The number of hydrogen-bond acceptors (Lipinski definition) is 6. The summed E-state index contributed by atoms with van der Waals surface area (Å²) in [4.78, 5) is 24.4. The number of carbonyl (C=O) groups excluding carboxylic acids is 1. The van der Waals surface area contributed by atoms with E-state index in [1.807, 2.05) is 36.6 Å². The summed E-state index contributed by atoms with van der Waals surface area (Å²) in [6, 6.07) is 7.50. The van der Waals surface area contributed by atoms with Crippen LogP contribution < -0.4 is 4.74 Å². The van der Waals surface area contributed by atoms with E-state index in [9.17, 15) is 4.79 Å². The number of amidine groups is 1. The lowest BCUT2D eigenvalue weighted by atomic mass is 10.1. The van der Waals surface area contributed by atoms with E-state index in [4.69, 9.17) is 21.3 Å². The molecule has 4 rings (SSSR count). The minimum atomic E-state index is -0.153. The number of amides is 1. The molecule has 1 fully saturated rings. The van der Waals surface area contributed by atoms with Crippen LogP contribution in [0.4, 0.5) is 0 Å². The molecule has 1 atom stereocenters. The van der Waals surface area contributed by atoms with E-state index in [1.165, 1.54) is 0 Å². The van der Waals surface area contributed by atoms with Gasteiger partial charge in [0.2, 0.25) is 11.8 Å². The SMILES string of the molecule is CCOc1cc(C2=CC(c3cccs3)N3C(=O)CCSC3=N2)cc(Cl)n1.